The highest BCUT2D eigenvalue weighted by Crippen LogP contribution is 2.31. The Kier molecular flexibility index (Phi) is 5.35. The number of ether oxygens (including phenoxy) is 2. The summed E-state index contributed by atoms with van der Waals surface area (Å²) in [5.74, 6) is 1.14. The number of benzene rings is 2. The molecule has 0 fully saturated rings. The Morgan fingerprint density at radius 1 is 0.969 bits per heavy atom. The van der Waals surface area contributed by atoms with Crippen LogP contribution in [0.1, 0.15) is 16.8 Å². The molecule has 32 heavy (non-hydrogen) atoms. The molecule has 0 spiro atoms. The first-order chi connectivity index (χ1) is 15.7. The number of nitrogens with one attached hydrogen (secondary N) is 1. The number of tetrazole rings is 1. The summed E-state index contributed by atoms with van der Waals surface area (Å²) in [6, 6.07) is 20.4. The van der Waals surface area contributed by atoms with E-state index in [2.05, 4.69) is 55.9 Å². The fraction of sp³-hybridized carbons (Fsp3) is 0.167. The van der Waals surface area contributed by atoms with Crippen LogP contribution >= 0.6 is 0 Å². The minimum absolute atomic E-state index is 0.439. The monoisotopic (exact) mass is 426 g/mol. The van der Waals surface area contributed by atoms with Crippen molar-refractivity contribution in [1.29, 1.82) is 0 Å². The third kappa shape index (κ3) is 3.83. The number of aromatic amines is 1. The van der Waals surface area contributed by atoms with Crippen LogP contribution in [0.2, 0.25) is 0 Å². The molecule has 0 atom stereocenters. The summed E-state index contributed by atoms with van der Waals surface area (Å²) >= 11 is 0. The van der Waals surface area contributed by atoms with Crippen LogP contribution in [0, 0.1) is 6.92 Å². The molecule has 0 aliphatic rings. The van der Waals surface area contributed by atoms with E-state index in [1.165, 1.54) is 0 Å². The second-order valence-electron chi connectivity index (χ2n) is 7.46. The van der Waals surface area contributed by atoms with E-state index in [1.54, 1.807) is 7.11 Å². The maximum Gasteiger partial charge on any atom is 0.232 e. The van der Waals surface area contributed by atoms with Crippen molar-refractivity contribution in [2.75, 3.05) is 7.11 Å². The summed E-state index contributed by atoms with van der Waals surface area (Å²) in [6.07, 6.45) is 1.88. The van der Waals surface area contributed by atoms with Crippen molar-refractivity contribution in [1.82, 2.24) is 30.0 Å². The Morgan fingerprint density at radius 2 is 1.84 bits per heavy atom. The molecule has 0 amide bonds. The average Bonchev–Trinajstić information content (AvgIpc) is 3.52. The average molecular weight is 426 g/mol. The van der Waals surface area contributed by atoms with Crippen molar-refractivity contribution >= 4 is 5.65 Å². The van der Waals surface area contributed by atoms with Crippen molar-refractivity contribution in [2.24, 2.45) is 0 Å². The van der Waals surface area contributed by atoms with Crippen LogP contribution < -0.4 is 4.74 Å². The number of pyridine rings is 1. The highest BCUT2D eigenvalue weighted by molar-refractivity contribution is 5.80. The Hall–Kier alpha value is -4.04. The first-order valence-corrected chi connectivity index (χ1v) is 10.2. The van der Waals surface area contributed by atoms with Gasteiger partial charge >= 0.3 is 0 Å². The second-order valence-corrected chi connectivity index (χ2v) is 7.46. The predicted octanol–water partition coefficient (Wildman–Crippen LogP) is 4.22. The van der Waals surface area contributed by atoms with Crippen LogP contribution in [0.25, 0.3) is 28.2 Å². The van der Waals surface area contributed by atoms with E-state index in [1.807, 2.05) is 47.9 Å². The quantitative estimate of drug-likeness (QED) is 0.419. The number of hydrogen-bond acceptors (Lipinski definition) is 6. The summed E-state index contributed by atoms with van der Waals surface area (Å²) in [7, 11) is 1.62. The number of aromatic nitrogens is 6. The summed E-state index contributed by atoms with van der Waals surface area (Å²) in [5.41, 5.74) is 7.02. The Bertz CT molecular complexity index is 1350. The molecule has 0 saturated heterocycles. The van der Waals surface area contributed by atoms with Crippen LogP contribution in [-0.2, 0) is 18.0 Å². The largest absolute Gasteiger partial charge is 0.480 e. The van der Waals surface area contributed by atoms with Gasteiger partial charge in [0.1, 0.15) is 5.65 Å². The Balaban J connectivity index is 1.39. The van der Waals surface area contributed by atoms with E-state index >= 15 is 0 Å². The van der Waals surface area contributed by atoms with E-state index in [-0.39, 0.29) is 0 Å². The van der Waals surface area contributed by atoms with Gasteiger partial charge in [-0.05, 0) is 46.5 Å². The van der Waals surface area contributed by atoms with Crippen molar-refractivity contribution in [2.45, 2.75) is 20.1 Å². The summed E-state index contributed by atoms with van der Waals surface area (Å²) in [6.45, 7) is 2.91. The van der Waals surface area contributed by atoms with Crippen LogP contribution in [0.3, 0.4) is 0 Å². The van der Waals surface area contributed by atoms with E-state index in [4.69, 9.17) is 9.47 Å². The molecule has 0 bridgehead atoms. The first-order valence-electron chi connectivity index (χ1n) is 10.2. The smallest absolute Gasteiger partial charge is 0.232 e. The molecule has 0 aliphatic carbocycles. The van der Waals surface area contributed by atoms with Crippen molar-refractivity contribution in [3.8, 4) is 28.4 Å². The summed E-state index contributed by atoms with van der Waals surface area (Å²) in [4.78, 5) is 4.50. The molecule has 2 aromatic carbocycles. The fourth-order valence-corrected chi connectivity index (χ4v) is 3.73. The first kappa shape index (κ1) is 19.9. The Morgan fingerprint density at radius 3 is 2.62 bits per heavy atom. The fourth-order valence-electron chi connectivity index (χ4n) is 3.73. The number of fused-ring (bicyclic) bond motifs is 1. The second kappa shape index (κ2) is 8.60. The molecule has 3 aromatic heterocycles. The number of imidazole rings is 1. The minimum Gasteiger partial charge on any atom is -0.480 e. The van der Waals surface area contributed by atoms with Gasteiger partial charge in [-0.1, -0.05) is 48.5 Å². The zero-order valence-electron chi connectivity index (χ0n) is 17.8. The normalized spacial score (nSPS) is 11.2. The number of methoxy groups -OCH3 is 1. The third-order valence-corrected chi connectivity index (χ3v) is 5.35. The summed E-state index contributed by atoms with van der Waals surface area (Å²) in [5, 5.41) is 14.6. The van der Waals surface area contributed by atoms with Gasteiger partial charge in [-0.2, -0.15) is 10.2 Å². The van der Waals surface area contributed by atoms with Gasteiger partial charge in [0.2, 0.25) is 11.7 Å². The number of nitrogens with zero attached hydrogens (tertiary/aromatic N) is 5. The Labute approximate surface area is 184 Å². The standard InChI is InChI=1S/C24H22N6O2/c1-16-8-10-19(30-13-22(31-2)25-24(16)30)15-32-14-17-9-11-20(18-6-4-3-5-7-18)21(12-17)23-26-28-29-27-23/h3-13H,14-15H2,1-2H3,(H,26,27,28,29). The molecule has 0 aliphatic heterocycles. The lowest BCUT2D eigenvalue weighted by Crippen LogP contribution is -2.01. The molecule has 3 heterocycles. The van der Waals surface area contributed by atoms with Gasteiger partial charge in [0.25, 0.3) is 0 Å². The van der Waals surface area contributed by atoms with Crippen LogP contribution in [0.15, 0.2) is 66.9 Å². The maximum absolute atomic E-state index is 6.06. The SMILES string of the molecule is COc1cn2c(COCc3ccc(-c4ccccc4)c(-c4nn[nH]n4)c3)ccc(C)c2n1. The van der Waals surface area contributed by atoms with Gasteiger partial charge in [-0.3, -0.25) is 4.40 Å². The molecule has 0 unspecified atom stereocenters. The van der Waals surface area contributed by atoms with E-state index < -0.39 is 0 Å². The molecule has 160 valence electrons. The molecule has 0 saturated carbocycles. The highest BCUT2D eigenvalue weighted by Gasteiger charge is 2.13. The number of hydrogen-bond donors (Lipinski definition) is 1. The van der Waals surface area contributed by atoms with E-state index in [0.29, 0.717) is 24.9 Å². The molecule has 8 nitrogen and oxygen atoms in total. The van der Waals surface area contributed by atoms with Crippen LogP contribution in [0.5, 0.6) is 5.88 Å². The highest BCUT2D eigenvalue weighted by atomic mass is 16.5. The molecule has 5 rings (SSSR count). The lowest BCUT2D eigenvalue weighted by atomic mass is 9.97. The third-order valence-electron chi connectivity index (χ3n) is 5.35. The van der Waals surface area contributed by atoms with Crippen molar-refractivity contribution < 1.29 is 9.47 Å². The van der Waals surface area contributed by atoms with Gasteiger partial charge in [0.05, 0.1) is 32.2 Å². The zero-order chi connectivity index (χ0) is 21.9. The zero-order valence-corrected chi connectivity index (χ0v) is 17.8. The van der Waals surface area contributed by atoms with E-state index in [0.717, 1.165) is 39.2 Å². The number of rotatable bonds is 7. The predicted molar refractivity (Wildman–Crippen MR) is 120 cm³/mol. The lowest BCUT2D eigenvalue weighted by Gasteiger charge is -2.11. The molecule has 0 radical (unpaired) electrons. The summed E-state index contributed by atoms with van der Waals surface area (Å²) < 4.78 is 13.4. The minimum atomic E-state index is 0.439. The lowest BCUT2D eigenvalue weighted by molar-refractivity contribution is 0.104. The topological polar surface area (TPSA) is 90.2 Å². The van der Waals surface area contributed by atoms with Crippen LogP contribution in [-0.4, -0.2) is 37.1 Å². The van der Waals surface area contributed by atoms with Crippen molar-refractivity contribution in [3.05, 3.63) is 83.7 Å². The maximum atomic E-state index is 6.06. The van der Waals surface area contributed by atoms with E-state index in [9.17, 15) is 0 Å². The number of aryl methyl sites for hydroxylation is 1. The van der Waals surface area contributed by atoms with Gasteiger partial charge in [-0.25, -0.2) is 0 Å². The molecular formula is C24H22N6O2. The number of H-pyrrole nitrogens is 1. The van der Waals surface area contributed by atoms with Crippen LogP contribution in [0.4, 0.5) is 0 Å². The van der Waals surface area contributed by atoms with Gasteiger partial charge in [-0.15, -0.1) is 10.2 Å². The molecular weight excluding hydrogens is 404 g/mol. The van der Waals surface area contributed by atoms with Crippen molar-refractivity contribution in [3.63, 3.8) is 0 Å². The van der Waals surface area contributed by atoms with Gasteiger partial charge in [0.15, 0.2) is 0 Å². The molecule has 5 aromatic rings. The van der Waals surface area contributed by atoms with Gasteiger partial charge in [0, 0.05) is 5.56 Å². The molecule has 1 N–H and O–H groups in total. The van der Waals surface area contributed by atoms with Gasteiger partial charge < -0.3 is 9.47 Å². The molecule has 8 heteroatoms.